The summed E-state index contributed by atoms with van der Waals surface area (Å²) in [5, 5.41) is 26.7. The topological polar surface area (TPSA) is 117 Å². The number of hydrogen-bond donors (Lipinski definition) is 4. The van der Waals surface area contributed by atoms with Crippen LogP contribution in [0.15, 0.2) is 0 Å². The summed E-state index contributed by atoms with van der Waals surface area (Å²) in [6.07, 6.45) is -3.40. The number of piperidine rings is 1. The van der Waals surface area contributed by atoms with Crippen molar-refractivity contribution in [2.45, 2.75) is 61.6 Å². The second kappa shape index (κ2) is 9.07. The summed E-state index contributed by atoms with van der Waals surface area (Å²) in [5.74, 6) is -0.824. The first-order chi connectivity index (χ1) is 13.7. The lowest BCUT2D eigenvalue weighted by Gasteiger charge is -2.37. The number of thioether (sulfide) groups is 1. The van der Waals surface area contributed by atoms with E-state index in [1.54, 1.807) is 0 Å². The third-order valence-corrected chi connectivity index (χ3v) is 6.88. The van der Waals surface area contributed by atoms with Gasteiger partial charge in [0.25, 0.3) is 0 Å². The van der Waals surface area contributed by atoms with Gasteiger partial charge in [0.05, 0.1) is 24.0 Å². The van der Waals surface area contributed by atoms with Crippen LogP contribution in [0.1, 0.15) is 25.7 Å². The molecule has 3 aliphatic heterocycles. The van der Waals surface area contributed by atoms with Gasteiger partial charge in [-0.25, -0.2) is 0 Å². The number of aliphatic hydroxyl groups excluding tert-OH is 1. The van der Waals surface area contributed by atoms with Crippen LogP contribution >= 0.6 is 11.8 Å². The van der Waals surface area contributed by atoms with E-state index >= 15 is 0 Å². The summed E-state index contributed by atoms with van der Waals surface area (Å²) in [4.78, 5) is 26.8. The Balaban J connectivity index is 1.60. The summed E-state index contributed by atoms with van der Waals surface area (Å²) < 4.78 is 37.4. The molecule has 0 aromatic carbocycles. The fourth-order valence-corrected chi connectivity index (χ4v) is 5.46. The molecule has 1 unspecified atom stereocenters. The molecule has 3 rings (SSSR count). The van der Waals surface area contributed by atoms with E-state index in [0.717, 1.165) is 0 Å². The van der Waals surface area contributed by atoms with Crippen LogP contribution in [-0.4, -0.2) is 76.6 Å². The summed E-state index contributed by atoms with van der Waals surface area (Å²) in [6, 6.07) is -0.602. The van der Waals surface area contributed by atoms with Crippen molar-refractivity contribution in [3.63, 3.8) is 0 Å². The van der Waals surface area contributed by atoms with Crippen molar-refractivity contribution in [3.8, 4) is 6.07 Å². The van der Waals surface area contributed by atoms with Crippen molar-refractivity contribution in [2.75, 3.05) is 18.8 Å². The van der Waals surface area contributed by atoms with Crippen LogP contribution < -0.4 is 16.0 Å². The van der Waals surface area contributed by atoms with Crippen molar-refractivity contribution >= 4 is 23.6 Å². The number of carbonyl (C=O) groups is 2. The van der Waals surface area contributed by atoms with Crippen LogP contribution in [0.3, 0.4) is 0 Å². The number of nitriles is 1. The lowest BCUT2D eigenvalue weighted by molar-refractivity contribution is -0.147. The monoisotopic (exact) mass is 435 g/mol. The molecule has 0 aliphatic carbocycles. The van der Waals surface area contributed by atoms with Crippen molar-refractivity contribution in [3.05, 3.63) is 0 Å². The summed E-state index contributed by atoms with van der Waals surface area (Å²) >= 11 is 1.42. The Morgan fingerprint density at radius 1 is 1.41 bits per heavy atom. The molecule has 0 bridgehead atoms. The lowest BCUT2D eigenvalue weighted by atomic mass is 9.98. The Hall–Kier alpha value is -1.55. The molecule has 6 atom stereocenters. The smallest absolute Gasteiger partial charge is 0.378 e. The number of carbonyl (C=O) groups excluding carboxylic acids is 2. The normalized spacial score (nSPS) is 33.3. The molecule has 3 heterocycles. The van der Waals surface area contributed by atoms with E-state index in [0.29, 0.717) is 25.1 Å². The van der Waals surface area contributed by atoms with E-state index < -0.39 is 48.9 Å². The fourth-order valence-electron chi connectivity index (χ4n) is 4.03. The van der Waals surface area contributed by atoms with Crippen LogP contribution in [0.2, 0.25) is 0 Å². The van der Waals surface area contributed by atoms with Gasteiger partial charge in [0.15, 0.2) is 0 Å². The van der Waals surface area contributed by atoms with Gasteiger partial charge in [-0.3, -0.25) is 20.2 Å². The number of amides is 2. The van der Waals surface area contributed by atoms with Crippen LogP contribution in [0.5, 0.6) is 0 Å². The van der Waals surface area contributed by atoms with Gasteiger partial charge in [-0.2, -0.15) is 18.4 Å². The number of rotatable bonds is 6. The summed E-state index contributed by atoms with van der Waals surface area (Å²) in [5.41, 5.74) is 0. The molecule has 0 aromatic heterocycles. The van der Waals surface area contributed by atoms with Crippen molar-refractivity contribution in [1.82, 2.24) is 20.9 Å². The van der Waals surface area contributed by atoms with Crippen molar-refractivity contribution in [2.24, 2.45) is 5.92 Å². The molecule has 8 nitrogen and oxygen atoms in total. The van der Waals surface area contributed by atoms with Gasteiger partial charge in [0.2, 0.25) is 11.8 Å². The fraction of sp³-hybridized carbons (Fsp3) is 0.824. The Bertz CT molecular complexity index is 674. The molecule has 3 aliphatic rings. The average molecular weight is 435 g/mol. The maximum absolute atomic E-state index is 12.7. The molecular weight excluding hydrogens is 411 g/mol. The van der Waals surface area contributed by atoms with Crippen LogP contribution in [0.4, 0.5) is 13.2 Å². The molecule has 12 heteroatoms. The number of halogens is 3. The van der Waals surface area contributed by atoms with Crippen LogP contribution in [-0.2, 0) is 9.59 Å². The van der Waals surface area contributed by atoms with Gasteiger partial charge >= 0.3 is 6.18 Å². The Morgan fingerprint density at radius 2 is 2.17 bits per heavy atom. The number of hydrogen-bond acceptors (Lipinski definition) is 7. The van der Waals surface area contributed by atoms with Gasteiger partial charge < -0.3 is 15.3 Å². The van der Waals surface area contributed by atoms with Gasteiger partial charge in [-0.05, 0) is 32.2 Å². The highest BCUT2D eigenvalue weighted by Gasteiger charge is 2.47. The van der Waals surface area contributed by atoms with Crippen LogP contribution in [0.25, 0.3) is 0 Å². The molecule has 3 fully saturated rings. The maximum atomic E-state index is 12.7. The lowest BCUT2D eigenvalue weighted by Crippen LogP contribution is -2.59. The number of aliphatic hydroxyl groups is 1. The van der Waals surface area contributed by atoms with Gasteiger partial charge in [0.1, 0.15) is 18.3 Å². The number of nitrogens with zero attached hydrogens (tertiary/aromatic N) is 2. The van der Waals surface area contributed by atoms with E-state index in [9.17, 15) is 33.1 Å². The molecule has 0 spiro atoms. The quantitative estimate of drug-likeness (QED) is 0.460. The molecule has 0 aromatic rings. The maximum Gasteiger partial charge on any atom is 0.401 e. The third kappa shape index (κ3) is 5.33. The molecule has 0 radical (unpaired) electrons. The van der Waals surface area contributed by atoms with E-state index in [2.05, 4.69) is 16.0 Å². The van der Waals surface area contributed by atoms with Gasteiger partial charge in [-0.1, -0.05) is 0 Å². The third-order valence-electron chi connectivity index (χ3n) is 5.52. The number of alkyl halides is 3. The highest BCUT2D eigenvalue weighted by atomic mass is 32.2. The van der Waals surface area contributed by atoms with Gasteiger partial charge in [-0.15, -0.1) is 11.8 Å². The average Bonchev–Trinajstić information content (AvgIpc) is 3.26. The van der Waals surface area contributed by atoms with E-state index in [4.69, 9.17) is 0 Å². The molecule has 4 N–H and O–H groups in total. The Kier molecular flexibility index (Phi) is 6.93. The van der Waals surface area contributed by atoms with E-state index in [-0.39, 0.29) is 24.1 Å². The molecule has 162 valence electrons. The molecule has 29 heavy (non-hydrogen) atoms. The first-order valence-electron chi connectivity index (χ1n) is 9.55. The predicted octanol–water partition coefficient (Wildman–Crippen LogP) is -0.103. The summed E-state index contributed by atoms with van der Waals surface area (Å²) in [7, 11) is 0. The van der Waals surface area contributed by atoms with E-state index in [1.165, 1.54) is 16.7 Å². The standard InChI is InChI=1S/C17H24F3N5O3S/c18-17(19,20)8-23-11-1-2-13-25(16(11)28)12(7-29-13)15(27)24-10(6-21)5-9-3-4-22-14(9)26/h9-14,22-23,26H,1-5,7-8H2,(H,24,27)/t9-,10-,11-,12-,13-,14?/m0/s1. The SMILES string of the molecule is N#C[C@H](C[C@@H]1CCNC1O)NC(=O)[C@@H]1CS[C@H]2CC[C@H](NCC(F)(F)F)C(=O)N21. The minimum Gasteiger partial charge on any atom is -0.378 e. The molecule has 0 saturated carbocycles. The number of fused-ring (bicyclic) bond motifs is 1. The first-order valence-corrected chi connectivity index (χ1v) is 10.6. The van der Waals surface area contributed by atoms with Crippen molar-refractivity contribution in [1.29, 1.82) is 5.26 Å². The highest BCUT2D eigenvalue weighted by molar-refractivity contribution is 8.00. The highest BCUT2D eigenvalue weighted by Crippen LogP contribution is 2.37. The summed E-state index contributed by atoms with van der Waals surface area (Å²) in [6.45, 7) is -0.631. The Morgan fingerprint density at radius 3 is 2.79 bits per heavy atom. The second-order valence-electron chi connectivity index (χ2n) is 7.55. The number of nitrogens with one attached hydrogen (secondary N) is 3. The van der Waals surface area contributed by atoms with Gasteiger partial charge in [0, 0.05) is 11.7 Å². The minimum absolute atomic E-state index is 0.154. The zero-order chi connectivity index (χ0) is 21.2. The van der Waals surface area contributed by atoms with E-state index in [1.807, 2.05) is 6.07 Å². The predicted molar refractivity (Wildman–Crippen MR) is 98.2 cm³/mol. The largest absolute Gasteiger partial charge is 0.401 e. The van der Waals surface area contributed by atoms with Crippen molar-refractivity contribution < 1.29 is 27.9 Å². The zero-order valence-electron chi connectivity index (χ0n) is 15.6. The molecule has 2 amide bonds. The molecular formula is C17H24F3N5O3S. The first kappa shape index (κ1) is 22.1. The molecule has 3 saturated heterocycles. The zero-order valence-corrected chi connectivity index (χ0v) is 16.4. The Labute approximate surface area is 170 Å². The van der Waals surface area contributed by atoms with Crippen LogP contribution in [0, 0.1) is 17.2 Å². The second-order valence-corrected chi connectivity index (χ2v) is 8.76. The minimum atomic E-state index is -4.42.